The maximum Gasteiger partial charge on any atom is 0.261 e. The van der Waals surface area contributed by atoms with E-state index in [9.17, 15) is 20.1 Å². The molecule has 0 spiro atoms. The van der Waals surface area contributed by atoms with Crippen LogP contribution in [-0.4, -0.2) is 64.7 Å². The van der Waals surface area contributed by atoms with Gasteiger partial charge in [-0.1, -0.05) is 0 Å². The molecule has 1 saturated heterocycles. The minimum atomic E-state index is -1.35. The quantitative estimate of drug-likeness (QED) is 0.350. The lowest BCUT2D eigenvalue weighted by atomic mass is 10.1. The van der Waals surface area contributed by atoms with E-state index >= 15 is 0 Å². The SMILES string of the molecule is Nc1ncnc2c1c1c(=O)[nH]cnc1n2[C@@H]1O[C@H](CO)[C@@H](O)[C@H]1O. The van der Waals surface area contributed by atoms with Crippen LogP contribution in [0, 0.1) is 0 Å². The normalized spacial score (nSPS) is 27.3. The molecule has 4 atom stereocenters. The van der Waals surface area contributed by atoms with Gasteiger partial charge in [-0.2, -0.15) is 0 Å². The molecule has 126 valence electrons. The number of aromatic nitrogens is 5. The van der Waals surface area contributed by atoms with E-state index in [0.717, 1.165) is 0 Å². The first kappa shape index (κ1) is 15.0. The number of aromatic amines is 1. The summed E-state index contributed by atoms with van der Waals surface area (Å²) in [6.45, 7) is -0.475. The molecule has 0 amide bonds. The van der Waals surface area contributed by atoms with E-state index in [4.69, 9.17) is 10.5 Å². The number of aliphatic hydroxyl groups excluding tert-OH is 3. The van der Waals surface area contributed by atoms with Gasteiger partial charge in [-0.05, 0) is 0 Å². The number of ether oxygens (including phenoxy) is 1. The molecule has 24 heavy (non-hydrogen) atoms. The highest BCUT2D eigenvalue weighted by Crippen LogP contribution is 2.36. The second-order valence-corrected chi connectivity index (χ2v) is 5.49. The lowest BCUT2D eigenvalue weighted by Crippen LogP contribution is -2.33. The van der Waals surface area contributed by atoms with Crippen molar-refractivity contribution in [1.82, 2.24) is 24.5 Å². The Hall–Kier alpha value is -2.60. The molecular formula is C13H14N6O5. The minimum absolute atomic E-state index is 0.0778. The Morgan fingerprint density at radius 3 is 2.67 bits per heavy atom. The van der Waals surface area contributed by atoms with Crippen molar-refractivity contribution in [2.24, 2.45) is 0 Å². The molecule has 0 aromatic carbocycles. The van der Waals surface area contributed by atoms with Crippen LogP contribution in [0.2, 0.25) is 0 Å². The monoisotopic (exact) mass is 334 g/mol. The highest BCUT2D eigenvalue weighted by atomic mass is 16.6. The van der Waals surface area contributed by atoms with Gasteiger partial charge in [-0.3, -0.25) is 9.36 Å². The highest BCUT2D eigenvalue weighted by Gasteiger charge is 2.45. The van der Waals surface area contributed by atoms with Crippen LogP contribution in [0.5, 0.6) is 0 Å². The number of aliphatic hydroxyl groups is 3. The van der Waals surface area contributed by atoms with Crippen molar-refractivity contribution in [2.75, 3.05) is 12.3 Å². The van der Waals surface area contributed by atoms with Crippen molar-refractivity contribution in [2.45, 2.75) is 24.5 Å². The Labute approximate surface area is 133 Å². The van der Waals surface area contributed by atoms with Crippen molar-refractivity contribution >= 4 is 27.9 Å². The summed E-state index contributed by atoms with van der Waals surface area (Å²) in [5.41, 5.74) is 5.84. The van der Waals surface area contributed by atoms with E-state index in [1.54, 1.807) is 0 Å². The largest absolute Gasteiger partial charge is 0.394 e. The first-order valence-corrected chi connectivity index (χ1v) is 7.14. The van der Waals surface area contributed by atoms with E-state index in [1.165, 1.54) is 17.2 Å². The molecule has 0 aliphatic carbocycles. The molecule has 3 aromatic heterocycles. The van der Waals surface area contributed by atoms with E-state index in [0.29, 0.717) is 0 Å². The molecule has 1 fully saturated rings. The zero-order valence-corrected chi connectivity index (χ0v) is 12.2. The Balaban J connectivity index is 2.07. The third-order valence-electron chi connectivity index (χ3n) is 4.17. The topological polar surface area (TPSA) is 172 Å². The number of fused-ring (bicyclic) bond motifs is 3. The first-order valence-electron chi connectivity index (χ1n) is 7.14. The molecule has 11 heteroatoms. The Kier molecular flexibility index (Phi) is 3.25. The van der Waals surface area contributed by atoms with Gasteiger partial charge in [0.2, 0.25) is 0 Å². The fraction of sp³-hybridized carbons (Fsp3) is 0.385. The first-order chi connectivity index (χ1) is 11.5. The summed E-state index contributed by atoms with van der Waals surface area (Å²) in [5, 5.41) is 30.0. The standard InChI is InChI=1S/C13H14N6O5/c14-9-5-6-11(17-3-18-12(6)23)19(10(5)16-2-15-9)13-8(22)7(21)4(1-20)24-13/h2-4,7-8,13,20-22H,1H2,(H2,14,15,16)(H,17,18,23)/t4-,7-,8-,13-/m1/s1. The molecule has 6 N–H and O–H groups in total. The minimum Gasteiger partial charge on any atom is -0.394 e. The van der Waals surface area contributed by atoms with Gasteiger partial charge in [0.05, 0.1) is 23.7 Å². The summed E-state index contributed by atoms with van der Waals surface area (Å²) in [4.78, 5) is 26.8. The Morgan fingerprint density at radius 1 is 1.21 bits per heavy atom. The number of H-pyrrole nitrogens is 1. The van der Waals surface area contributed by atoms with Gasteiger partial charge in [-0.25, -0.2) is 15.0 Å². The van der Waals surface area contributed by atoms with Gasteiger partial charge in [0.1, 0.15) is 36.1 Å². The molecular weight excluding hydrogens is 320 g/mol. The van der Waals surface area contributed by atoms with Gasteiger partial charge < -0.3 is 30.8 Å². The maximum atomic E-state index is 12.2. The highest BCUT2D eigenvalue weighted by molar-refractivity contribution is 6.09. The van der Waals surface area contributed by atoms with Crippen molar-refractivity contribution in [1.29, 1.82) is 0 Å². The van der Waals surface area contributed by atoms with Gasteiger partial charge >= 0.3 is 0 Å². The maximum absolute atomic E-state index is 12.2. The van der Waals surface area contributed by atoms with Crippen LogP contribution >= 0.6 is 0 Å². The average Bonchev–Trinajstić information content (AvgIpc) is 3.05. The van der Waals surface area contributed by atoms with Gasteiger partial charge in [0.15, 0.2) is 11.9 Å². The number of rotatable bonds is 2. The summed E-state index contributed by atoms with van der Waals surface area (Å²) in [5.74, 6) is 0.0778. The molecule has 0 bridgehead atoms. The van der Waals surface area contributed by atoms with Crippen LogP contribution in [0.25, 0.3) is 22.1 Å². The predicted octanol–water partition coefficient (Wildman–Crippen LogP) is -2.14. The van der Waals surface area contributed by atoms with Gasteiger partial charge in [-0.15, -0.1) is 0 Å². The van der Waals surface area contributed by atoms with Crippen molar-refractivity contribution in [3.8, 4) is 0 Å². The lowest BCUT2D eigenvalue weighted by Gasteiger charge is -2.17. The molecule has 11 nitrogen and oxygen atoms in total. The zero-order valence-electron chi connectivity index (χ0n) is 12.2. The number of hydrogen-bond donors (Lipinski definition) is 5. The number of nitrogens with zero attached hydrogens (tertiary/aromatic N) is 4. The number of hydrogen-bond acceptors (Lipinski definition) is 9. The summed E-state index contributed by atoms with van der Waals surface area (Å²) in [7, 11) is 0. The Morgan fingerprint density at radius 2 is 1.96 bits per heavy atom. The molecule has 1 aliphatic heterocycles. The third-order valence-corrected chi connectivity index (χ3v) is 4.17. The molecule has 1 aliphatic rings. The van der Waals surface area contributed by atoms with Crippen LogP contribution in [0.1, 0.15) is 6.23 Å². The number of nitrogens with one attached hydrogen (secondary N) is 1. The summed E-state index contributed by atoms with van der Waals surface area (Å²) in [6.07, 6.45) is -2.31. The summed E-state index contributed by atoms with van der Waals surface area (Å²) in [6, 6.07) is 0. The fourth-order valence-electron chi connectivity index (χ4n) is 3.04. The smallest absolute Gasteiger partial charge is 0.261 e. The lowest BCUT2D eigenvalue weighted by molar-refractivity contribution is -0.0492. The second-order valence-electron chi connectivity index (χ2n) is 5.49. The van der Waals surface area contributed by atoms with E-state index in [2.05, 4.69) is 19.9 Å². The van der Waals surface area contributed by atoms with Crippen LogP contribution in [0.4, 0.5) is 5.82 Å². The van der Waals surface area contributed by atoms with Crippen LogP contribution in [-0.2, 0) is 4.74 Å². The summed E-state index contributed by atoms with van der Waals surface area (Å²) < 4.78 is 6.91. The number of nitrogens with two attached hydrogens (primary N) is 1. The molecule has 0 unspecified atom stereocenters. The van der Waals surface area contributed by atoms with Gasteiger partial charge in [0.25, 0.3) is 5.56 Å². The molecule has 3 aromatic rings. The van der Waals surface area contributed by atoms with E-state index < -0.39 is 36.7 Å². The number of anilines is 1. The molecule has 4 heterocycles. The third kappa shape index (κ3) is 1.86. The summed E-state index contributed by atoms with van der Waals surface area (Å²) >= 11 is 0. The molecule has 0 saturated carbocycles. The van der Waals surface area contributed by atoms with Crippen molar-refractivity contribution in [3.63, 3.8) is 0 Å². The van der Waals surface area contributed by atoms with E-state index in [-0.39, 0.29) is 27.9 Å². The second kappa shape index (κ2) is 5.21. The number of nitrogen functional groups attached to an aromatic ring is 1. The van der Waals surface area contributed by atoms with Crippen molar-refractivity contribution < 1.29 is 20.1 Å². The van der Waals surface area contributed by atoms with Gasteiger partial charge in [0, 0.05) is 0 Å². The molecule has 4 rings (SSSR count). The van der Waals surface area contributed by atoms with E-state index in [1.807, 2.05) is 0 Å². The van der Waals surface area contributed by atoms with Crippen LogP contribution in [0.3, 0.4) is 0 Å². The van der Waals surface area contributed by atoms with Crippen molar-refractivity contribution in [3.05, 3.63) is 23.0 Å². The molecule has 0 radical (unpaired) electrons. The Bertz CT molecular complexity index is 984. The average molecular weight is 334 g/mol. The zero-order chi connectivity index (χ0) is 17.0. The fourth-order valence-corrected chi connectivity index (χ4v) is 3.04. The van der Waals surface area contributed by atoms with Crippen LogP contribution < -0.4 is 11.3 Å². The predicted molar refractivity (Wildman–Crippen MR) is 80.9 cm³/mol. The van der Waals surface area contributed by atoms with Crippen LogP contribution in [0.15, 0.2) is 17.4 Å².